The zero-order valence-corrected chi connectivity index (χ0v) is 21.7. The number of rotatable bonds is 7. The first kappa shape index (κ1) is 25.5. The first-order valence-corrected chi connectivity index (χ1v) is 13.4. The molecule has 4 rings (SSSR count). The number of aryl methyl sites for hydroxylation is 2. The van der Waals surface area contributed by atoms with Crippen molar-refractivity contribution in [1.29, 1.82) is 5.41 Å². The van der Waals surface area contributed by atoms with Gasteiger partial charge in [0, 0.05) is 6.26 Å². The lowest BCUT2D eigenvalue weighted by Gasteiger charge is -2.23. The summed E-state index contributed by atoms with van der Waals surface area (Å²) in [4.78, 5) is 17.5. The van der Waals surface area contributed by atoms with E-state index in [0.29, 0.717) is 23.7 Å². The number of amides is 1. The van der Waals surface area contributed by atoms with Crippen LogP contribution >= 0.6 is 11.9 Å². The van der Waals surface area contributed by atoms with Crippen LogP contribution in [0.3, 0.4) is 0 Å². The third-order valence-electron chi connectivity index (χ3n) is 5.27. The molecule has 0 unspecified atom stereocenters. The van der Waals surface area contributed by atoms with Crippen LogP contribution in [-0.4, -0.2) is 62.0 Å². The first-order valence-electron chi connectivity index (χ1n) is 10.8. The van der Waals surface area contributed by atoms with E-state index in [4.69, 9.17) is 19.6 Å². The molecule has 1 amide bonds. The number of carbonyl (C=O) groups excluding carboxylic acids is 1. The van der Waals surface area contributed by atoms with E-state index >= 15 is 0 Å². The van der Waals surface area contributed by atoms with Crippen molar-refractivity contribution >= 4 is 49.9 Å². The van der Waals surface area contributed by atoms with Crippen molar-refractivity contribution in [2.45, 2.75) is 13.8 Å². The molecule has 0 atom stereocenters. The highest BCUT2D eigenvalue weighted by Gasteiger charge is 2.41. The summed E-state index contributed by atoms with van der Waals surface area (Å²) in [6.07, 6.45) is 2.43. The molecule has 0 saturated carbocycles. The molecule has 0 aromatic heterocycles. The van der Waals surface area contributed by atoms with Crippen molar-refractivity contribution in [3.05, 3.63) is 58.7 Å². The van der Waals surface area contributed by atoms with Gasteiger partial charge in [0.1, 0.15) is 24.8 Å². The van der Waals surface area contributed by atoms with Gasteiger partial charge < -0.3 is 14.2 Å². The van der Waals surface area contributed by atoms with Crippen LogP contribution in [-0.2, 0) is 14.6 Å². The minimum Gasteiger partial charge on any atom is -0.493 e. The molecule has 0 bridgehead atoms. The van der Waals surface area contributed by atoms with Gasteiger partial charge in [-0.1, -0.05) is 18.2 Å². The highest BCUT2D eigenvalue weighted by Crippen LogP contribution is 2.32. The SMILES string of the molecule is COc1cc(/C=C2/C(=N)N3C(=NC2=O)SN=C3S(C)(=O)=O)ccc1OCCOc1cc(C)ccc1C. The fourth-order valence-corrected chi connectivity index (χ4v) is 5.31. The number of benzene rings is 2. The van der Waals surface area contributed by atoms with Crippen LogP contribution in [0, 0.1) is 19.3 Å². The molecule has 0 aliphatic carbocycles. The number of nitrogens with zero attached hydrogens (tertiary/aromatic N) is 3. The average Bonchev–Trinajstić information content (AvgIpc) is 3.26. The van der Waals surface area contributed by atoms with Gasteiger partial charge in [0.05, 0.1) is 24.6 Å². The summed E-state index contributed by atoms with van der Waals surface area (Å²) in [5.74, 6) is 0.731. The fourth-order valence-electron chi connectivity index (χ4n) is 3.46. The quantitative estimate of drug-likeness (QED) is 0.329. The number of hydrogen-bond acceptors (Lipinski definition) is 9. The van der Waals surface area contributed by atoms with Crippen LogP contribution < -0.4 is 14.2 Å². The molecular formula is C24H24N4O6S2. The third-order valence-corrected chi connectivity index (χ3v) is 7.02. The third kappa shape index (κ3) is 5.29. The van der Waals surface area contributed by atoms with E-state index in [1.165, 1.54) is 13.2 Å². The van der Waals surface area contributed by atoms with E-state index in [1.54, 1.807) is 18.2 Å². The molecule has 2 heterocycles. The summed E-state index contributed by atoms with van der Waals surface area (Å²) in [6, 6.07) is 11.0. The van der Waals surface area contributed by atoms with Crippen molar-refractivity contribution < 1.29 is 27.4 Å². The number of carbonyl (C=O) groups is 1. The summed E-state index contributed by atoms with van der Waals surface area (Å²) in [6.45, 7) is 4.60. The number of aliphatic imine (C=N–C) groups is 1. The van der Waals surface area contributed by atoms with E-state index in [2.05, 4.69) is 9.39 Å². The largest absolute Gasteiger partial charge is 0.493 e. The average molecular weight is 529 g/mol. The van der Waals surface area contributed by atoms with Crippen molar-refractivity contribution in [2.24, 2.45) is 9.39 Å². The standard InChI is InChI=1S/C24H24N4O6S2/c1-14-5-6-15(2)19(11-14)34-10-9-33-18-8-7-16(13-20(18)32-3)12-17-21(25)28-23(26-22(17)29)35-27-24(28)36(4,30)31/h5-8,11-13,25H,9-10H2,1-4H3/b17-12-,25-21?. The normalized spacial score (nSPS) is 16.6. The molecule has 2 aliphatic heterocycles. The molecule has 0 fully saturated rings. The van der Waals surface area contributed by atoms with Gasteiger partial charge in [-0.05, 0) is 54.8 Å². The van der Waals surface area contributed by atoms with E-state index < -0.39 is 15.7 Å². The second-order valence-corrected chi connectivity index (χ2v) is 10.7. The molecule has 2 aromatic carbocycles. The Balaban J connectivity index is 1.48. The summed E-state index contributed by atoms with van der Waals surface area (Å²) in [5, 5.41) is 8.14. The predicted octanol–water partition coefficient (Wildman–Crippen LogP) is 3.39. The highest BCUT2D eigenvalue weighted by atomic mass is 32.2. The van der Waals surface area contributed by atoms with Crippen molar-refractivity contribution in [2.75, 3.05) is 26.6 Å². The number of ether oxygens (including phenoxy) is 3. The van der Waals surface area contributed by atoms with Crippen molar-refractivity contribution in [3.63, 3.8) is 0 Å². The molecule has 2 aromatic rings. The van der Waals surface area contributed by atoms with Gasteiger partial charge in [-0.25, -0.2) is 13.3 Å². The van der Waals surface area contributed by atoms with Gasteiger partial charge in [0.2, 0.25) is 20.2 Å². The zero-order valence-electron chi connectivity index (χ0n) is 20.1. The molecule has 0 spiro atoms. The van der Waals surface area contributed by atoms with Crippen LogP contribution in [0.5, 0.6) is 17.2 Å². The minimum atomic E-state index is -3.72. The van der Waals surface area contributed by atoms with Gasteiger partial charge in [-0.15, -0.1) is 0 Å². The Labute approximate surface area is 213 Å². The maximum atomic E-state index is 12.6. The van der Waals surface area contributed by atoms with Crippen LogP contribution in [0.4, 0.5) is 0 Å². The molecule has 0 radical (unpaired) electrons. The molecule has 36 heavy (non-hydrogen) atoms. The fraction of sp³-hybridized carbons (Fsp3) is 0.250. The van der Waals surface area contributed by atoms with Crippen LogP contribution in [0.1, 0.15) is 16.7 Å². The molecule has 188 valence electrons. The lowest BCUT2D eigenvalue weighted by atomic mass is 10.1. The lowest BCUT2D eigenvalue weighted by molar-refractivity contribution is -0.114. The zero-order chi connectivity index (χ0) is 26.0. The highest BCUT2D eigenvalue weighted by molar-refractivity contribution is 8.16. The maximum absolute atomic E-state index is 12.6. The van der Waals surface area contributed by atoms with Crippen molar-refractivity contribution in [3.8, 4) is 17.2 Å². The summed E-state index contributed by atoms with van der Waals surface area (Å²) in [5.41, 5.74) is 2.62. The second kappa shape index (κ2) is 10.2. The number of sulfone groups is 1. The Morgan fingerprint density at radius 1 is 1.06 bits per heavy atom. The molecule has 12 heteroatoms. The summed E-state index contributed by atoms with van der Waals surface area (Å²) in [7, 11) is -2.23. The van der Waals surface area contributed by atoms with E-state index in [0.717, 1.165) is 40.0 Å². The second-order valence-electron chi connectivity index (χ2n) is 8.06. The minimum absolute atomic E-state index is 0.0342. The Morgan fingerprint density at radius 2 is 1.78 bits per heavy atom. The van der Waals surface area contributed by atoms with Gasteiger partial charge in [0.25, 0.3) is 5.91 Å². The number of hydrogen-bond donors (Lipinski definition) is 1. The Morgan fingerprint density at radius 3 is 2.47 bits per heavy atom. The lowest BCUT2D eigenvalue weighted by Crippen LogP contribution is -2.45. The van der Waals surface area contributed by atoms with Crippen molar-refractivity contribution in [1.82, 2.24) is 4.90 Å². The summed E-state index contributed by atoms with van der Waals surface area (Å²) < 4.78 is 45.0. The predicted molar refractivity (Wildman–Crippen MR) is 140 cm³/mol. The number of methoxy groups -OCH3 is 1. The Bertz CT molecular complexity index is 1450. The molecule has 2 aliphatic rings. The smallest absolute Gasteiger partial charge is 0.283 e. The molecular weight excluding hydrogens is 504 g/mol. The number of fused-ring (bicyclic) bond motifs is 1. The first-order chi connectivity index (χ1) is 17.1. The topological polar surface area (TPSA) is 131 Å². The monoisotopic (exact) mass is 528 g/mol. The molecule has 10 nitrogen and oxygen atoms in total. The molecule has 0 saturated heterocycles. The van der Waals surface area contributed by atoms with Gasteiger partial charge in [-0.3, -0.25) is 10.2 Å². The molecule has 1 N–H and O–H groups in total. The Hall–Kier alpha value is -3.64. The number of amidine groups is 3. The van der Waals surface area contributed by atoms with Crippen LogP contribution in [0.25, 0.3) is 6.08 Å². The maximum Gasteiger partial charge on any atom is 0.283 e. The van der Waals surface area contributed by atoms with E-state index in [1.807, 2.05) is 32.0 Å². The van der Waals surface area contributed by atoms with Gasteiger partial charge in [-0.2, -0.15) is 9.39 Å². The number of nitrogens with one attached hydrogen (secondary N) is 1. The van der Waals surface area contributed by atoms with Gasteiger partial charge in [0.15, 0.2) is 11.5 Å². The van der Waals surface area contributed by atoms with Crippen LogP contribution in [0.2, 0.25) is 0 Å². The van der Waals surface area contributed by atoms with E-state index in [-0.39, 0.29) is 28.4 Å². The summed E-state index contributed by atoms with van der Waals surface area (Å²) >= 11 is 0.743. The Kier molecular flexibility index (Phi) is 7.18. The van der Waals surface area contributed by atoms with Gasteiger partial charge >= 0.3 is 0 Å². The van der Waals surface area contributed by atoms with E-state index in [9.17, 15) is 13.2 Å². The van der Waals surface area contributed by atoms with Crippen LogP contribution in [0.15, 0.2) is 51.4 Å².